The maximum Gasteiger partial charge on any atom is 0.271 e. The predicted molar refractivity (Wildman–Crippen MR) is 76.9 cm³/mol. The molecule has 0 atom stereocenters. The summed E-state index contributed by atoms with van der Waals surface area (Å²) in [5.41, 5.74) is 12.7. The van der Waals surface area contributed by atoms with Gasteiger partial charge in [-0.1, -0.05) is 35.9 Å². The Hall–Kier alpha value is -2.62. The number of rotatable bonds is 2. The number of hydrogen-bond donors (Lipinski definition) is 0. The molecule has 0 aliphatic rings. The van der Waals surface area contributed by atoms with E-state index in [2.05, 4.69) is 5.27 Å². The van der Waals surface area contributed by atoms with Gasteiger partial charge in [0.2, 0.25) is 11.0 Å². The van der Waals surface area contributed by atoms with Crippen molar-refractivity contribution in [2.24, 2.45) is 0 Å². The van der Waals surface area contributed by atoms with E-state index in [0.29, 0.717) is 5.69 Å². The summed E-state index contributed by atoms with van der Waals surface area (Å²) in [6.07, 6.45) is 0. The van der Waals surface area contributed by atoms with Gasteiger partial charge in [-0.25, -0.2) is 0 Å². The second-order valence-corrected chi connectivity index (χ2v) is 4.81. The summed E-state index contributed by atoms with van der Waals surface area (Å²) in [5.74, 6) is 0.0668. The molecule has 3 rings (SSSR count). The Kier molecular flexibility index (Phi) is 2.99. The van der Waals surface area contributed by atoms with Gasteiger partial charge < -0.3 is 10.3 Å². The van der Waals surface area contributed by atoms with Gasteiger partial charge in [0.1, 0.15) is 5.88 Å². The summed E-state index contributed by atoms with van der Waals surface area (Å²) in [6, 6.07) is 15.9. The number of nitrogens with zero attached hydrogens (tertiary/aromatic N) is 2. The van der Waals surface area contributed by atoms with Gasteiger partial charge in [0, 0.05) is 11.6 Å². The van der Waals surface area contributed by atoms with Crippen LogP contribution in [0.3, 0.4) is 0 Å². The molecule has 0 saturated heterocycles. The lowest BCUT2D eigenvalue weighted by Crippen LogP contribution is -2.35. The zero-order valence-electron chi connectivity index (χ0n) is 11.4. The normalized spacial score (nSPS) is 10.7. The van der Waals surface area contributed by atoms with Crippen LogP contribution in [0.4, 0.5) is 5.88 Å². The molecule has 1 heterocycles. The maximum atomic E-state index is 7.95. The third-order valence-electron chi connectivity index (χ3n) is 3.31. The van der Waals surface area contributed by atoms with E-state index in [-0.39, 0.29) is 5.88 Å². The van der Waals surface area contributed by atoms with Crippen molar-refractivity contribution in [3.8, 4) is 16.9 Å². The highest BCUT2D eigenvalue weighted by atomic mass is 16.5. The average Bonchev–Trinajstić information content (AvgIpc) is 2.82. The Bertz CT molecular complexity index is 745. The standard InChI is InChI=1S/C16H15N3O/c1-11-7-9-13(10-8-11)15-16(17)20-18-19(15)14-6-4-3-5-12(14)2/h3-10,17H,1-2H3. The van der Waals surface area contributed by atoms with Crippen LogP contribution in [0.1, 0.15) is 11.1 Å². The summed E-state index contributed by atoms with van der Waals surface area (Å²) in [6.45, 7) is 4.05. The van der Waals surface area contributed by atoms with Gasteiger partial charge in [0.05, 0.1) is 5.56 Å². The SMILES string of the molecule is Cc1ccc(-c2c([NH-])on[n+]2-c2ccccc2C)cc1. The van der Waals surface area contributed by atoms with E-state index in [1.165, 1.54) is 5.56 Å². The molecule has 0 spiro atoms. The van der Waals surface area contributed by atoms with Crippen LogP contribution in [0.15, 0.2) is 53.1 Å². The van der Waals surface area contributed by atoms with Gasteiger partial charge >= 0.3 is 0 Å². The Balaban J connectivity index is 2.20. The van der Waals surface area contributed by atoms with E-state index in [1.54, 1.807) is 4.68 Å². The first-order valence-corrected chi connectivity index (χ1v) is 6.43. The number of benzene rings is 2. The molecule has 0 aliphatic heterocycles. The fourth-order valence-corrected chi connectivity index (χ4v) is 2.19. The monoisotopic (exact) mass is 265 g/mol. The largest absolute Gasteiger partial charge is 0.660 e. The van der Waals surface area contributed by atoms with Gasteiger partial charge in [-0.05, 0) is 30.7 Å². The van der Waals surface area contributed by atoms with E-state index in [1.807, 2.05) is 62.4 Å². The molecule has 2 aromatic carbocycles. The summed E-state index contributed by atoms with van der Waals surface area (Å²) in [4.78, 5) is 0. The molecule has 0 fully saturated rings. The van der Waals surface area contributed by atoms with Crippen LogP contribution in [0.5, 0.6) is 0 Å². The zero-order valence-corrected chi connectivity index (χ0v) is 11.4. The Morgan fingerprint density at radius 3 is 2.40 bits per heavy atom. The van der Waals surface area contributed by atoms with Crippen LogP contribution in [-0.4, -0.2) is 5.27 Å². The van der Waals surface area contributed by atoms with Crippen molar-refractivity contribution in [1.82, 2.24) is 5.27 Å². The molecular weight excluding hydrogens is 250 g/mol. The Morgan fingerprint density at radius 1 is 1.00 bits per heavy atom. The van der Waals surface area contributed by atoms with Crippen molar-refractivity contribution in [2.75, 3.05) is 0 Å². The molecule has 0 aliphatic carbocycles. The Labute approximate surface area is 117 Å². The zero-order chi connectivity index (χ0) is 14.1. The minimum Gasteiger partial charge on any atom is -0.660 e. The first kappa shape index (κ1) is 12.4. The van der Waals surface area contributed by atoms with E-state index < -0.39 is 0 Å². The molecule has 20 heavy (non-hydrogen) atoms. The molecule has 0 unspecified atom stereocenters. The molecule has 3 aromatic rings. The molecule has 4 heteroatoms. The van der Waals surface area contributed by atoms with E-state index in [4.69, 9.17) is 10.3 Å². The van der Waals surface area contributed by atoms with Crippen molar-refractivity contribution in [3.05, 3.63) is 65.4 Å². The van der Waals surface area contributed by atoms with Crippen molar-refractivity contribution in [3.63, 3.8) is 0 Å². The molecule has 100 valence electrons. The van der Waals surface area contributed by atoms with Crippen LogP contribution in [0, 0.1) is 13.8 Å². The topological polar surface area (TPSA) is 53.7 Å². The highest BCUT2D eigenvalue weighted by molar-refractivity contribution is 5.67. The molecule has 0 amide bonds. The molecule has 0 saturated carbocycles. The van der Waals surface area contributed by atoms with Crippen LogP contribution in [0.2, 0.25) is 0 Å². The van der Waals surface area contributed by atoms with Crippen LogP contribution < -0.4 is 4.68 Å². The smallest absolute Gasteiger partial charge is 0.271 e. The van der Waals surface area contributed by atoms with Crippen LogP contribution in [-0.2, 0) is 0 Å². The van der Waals surface area contributed by atoms with Gasteiger partial charge in [0.25, 0.3) is 5.69 Å². The van der Waals surface area contributed by atoms with Crippen molar-refractivity contribution in [1.29, 1.82) is 0 Å². The lowest BCUT2D eigenvalue weighted by atomic mass is 10.1. The van der Waals surface area contributed by atoms with Crippen LogP contribution in [0.25, 0.3) is 22.7 Å². The molecule has 4 nitrogen and oxygen atoms in total. The number of nitrogens with one attached hydrogen (secondary N) is 1. The molecule has 1 aromatic heterocycles. The first-order chi connectivity index (χ1) is 9.66. The van der Waals surface area contributed by atoms with Crippen molar-refractivity contribution < 1.29 is 9.20 Å². The van der Waals surface area contributed by atoms with Gasteiger partial charge in [0.15, 0.2) is 0 Å². The fourth-order valence-electron chi connectivity index (χ4n) is 2.19. The highest BCUT2D eigenvalue weighted by Gasteiger charge is 2.24. The summed E-state index contributed by atoms with van der Waals surface area (Å²) in [5, 5.41) is 4.00. The lowest BCUT2D eigenvalue weighted by Gasteiger charge is -2.01. The summed E-state index contributed by atoms with van der Waals surface area (Å²) in [7, 11) is 0. The molecule has 0 bridgehead atoms. The quantitative estimate of drug-likeness (QED) is 0.659. The fraction of sp³-hybridized carbons (Fsp3) is 0.125. The average molecular weight is 265 g/mol. The minimum absolute atomic E-state index is 0.0668. The molecule has 1 N–H and O–H groups in total. The molecule has 0 radical (unpaired) electrons. The van der Waals surface area contributed by atoms with E-state index >= 15 is 0 Å². The van der Waals surface area contributed by atoms with Gasteiger partial charge in [-0.2, -0.15) is 0 Å². The minimum atomic E-state index is 0.0668. The van der Waals surface area contributed by atoms with Crippen molar-refractivity contribution in [2.45, 2.75) is 13.8 Å². The summed E-state index contributed by atoms with van der Waals surface area (Å²) < 4.78 is 6.75. The summed E-state index contributed by atoms with van der Waals surface area (Å²) >= 11 is 0. The third kappa shape index (κ3) is 2.05. The van der Waals surface area contributed by atoms with E-state index in [0.717, 1.165) is 16.8 Å². The Morgan fingerprint density at radius 2 is 1.70 bits per heavy atom. The van der Waals surface area contributed by atoms with Crippen molar-refractivity contribution >= 4 is 5.88 Å². The number of hydrogen-bond acceptors (Lipinski definition) is 2. The van der Waals surface area contributed by atoms with E-state index in [9.17, 15) is 0 Å². The van der Waals surface area contributed by atoms with Crippen LogP contribution >= 0.6 is 0 Å². The van der Waals surface area contributed by atoms with Gasteiger partial charge in [-0.15, -0.1) is 0 Å². The second kappa shape index (κ2) is 4.81. The second-order valence-electron chi connectivity index (χ2n) is 4.81. The highest BCUT2D eigenvalue weighted by Crippen LogP contribution is 2.27. The number of aryl methyl sites for hydroxylation is 2. The molecular formula is C16H15N3O. The van der Waals surface area contributed by atoms with Gasteiger partial charge in [-0.3, -0.25) is 0 Å². The first-order valence-electron chi connectivity index (χ1n) is 6.43. The lowest BCUT2D eigenvalue weighted by molar-refractivity contribution is -0.660. The third-order valence-corrected chi connectivity index (χ3v) is 3.31. The number of para-hydroxylation sites is 1. The number of aromatic nitrogens is 2. The predicted octanol–water partition coefficient (Wildman–Crippen LogP) is 3.92. The maximum absolute atomic E-state index is 7.95.